The first-order valence-corrected chi connectivity index (χ1v) is 11.4. The number of piperidine rings is 2. The standard InChI is InChI=1S/C24H32N2OS/c1-19-11-15-25(16-12-19)21-13-17-26(18-14-21)28-22-9-7-20(8-10-22)23-5-3-4-6-24(23)27-2/h3-10,19,21H,11-18H2,1-2H3. The Morgan fingerprint density at radius 2 is 1.54 bits per heavy atom. The zero-order chi connectivity index (χ0) is 19.3. The van der Waals surface area contributed by atoms with Crippen molar-refractivity contribution in [2.24, 2.45) is 5.92 Å². The van der Waals surface area contributed by atoms with Gasteiger partial charge in [-0.15, -0.1) is 0 Å². The number of likely N-dealkylation sites (tertiary alicyclic amines) is 1. The van der Waals surface area contributed by atoms with Crippen molar-refractivity contribution >= 4 is 11.9 Å². The largest absolute Gasteiger partial charge is 0.496 e. The van der Waals surface area contributed by atoms with Gasteiger partial charge in [-0.3, -0.25) is 0 Å². The minimum atomic E-state index is 0.803. The molecule has 0 spiro atoms. The van der Waals surface area contributed by atoms with Crippen LogP contribution in [0, 0.1) is 5.92 Å². The van der Waals surface area contributed by atoms with Gasteiger partial charge in [0.2, 0.25) is 0 Å². The molecular weight excluding hydrogens is 364 g/mol. The lowest BCUT2D eigenvalue weighted by atomic mass is 9.95. The predicted molar refractivity (Wildman–Crippen MR) is 119 cm³/mol. The van der Waals surface area contributed by atoms with Crippen molar-refractivity contribution in [3.8, 4) is 16.9 Å². The first-order chi connectivity index (χ1) is 13.7. The molecule has 2 aromatic carbocycles. The molecule has 0 bridgehead atoms. The summed E-state index contributed by atoms with van der Waals surface area (Å²) in [5, 5.41) is 0. The number of ether oxygens (including phenoxy) is 1. The van der Waals surface area contributed by atoms with Gasteiger partial charge in [-0.05, 0) is 80.4 Å². The number of rotatable bonds is 5. The Labute approximate surface area is 174 Å². The second-order valence-electron chi connectivity index (χ2n) is 8.19. The maximum atomic E-state index is 5.50. The summed E-state index contributed by atoms with van der Waals surface area (Å²) < 4.78 is 8.04. The Bertz CT molecular complexity index is 747. The number of nitrogens with zero attached hydrogens (tertiary/aromatic N) is 2. The Kier molecular flexibility index (Phi) is 6.61. The first-order valence-electron chi connectivity index (χ1n) is 10.6. The molecule has 2 aliphatic rings. The Morgan fingerprint density at radius 3 is 2.21 bits per heavy atom. The Morgan fingerprint density at radius 1 is 0.857 bits per heavy atom. The van der Waals surface area contributed by atoms with Gasteiger partial charge in [0.05, 0.1) is 7.11 Å². The molecule has 0 N–H and O–H groups in total. The topological polar surface area (TPSA) is 15.7 Å². The SMILES string of the molecule is COc1ccccc1-c1ccc(SN2CCC(N3CCC(C)CC3)CC2)cc1. The molecule has 2 saturated heterocycles. The van der Waals surface area contributed by atoms with Crippen LogP contribution >= 0.6 is 11.9 Å². The van der Waals surface area contributed by atoms with Gasteiger partial charge < -0.3 is 9.64 Å². The predicted octanol–water partition coefficient (Wildman–Crippen LogP) is 5.57. The van der Waals surface area contributed by atoms with Crippen LogP contribution in [0.2, 0.25) is 0 Å². The van der Waals surface area contributed by atoms with Crippen molar-refractivity contribution in [1.82, 2.24) is 9.21 Å². The lowest BCUT2D eigenvalue weighted by molar-refractivity contribution is 0.103. The van der Waals surface area contributed by atoms with Gasteiger partial charge in [0.25, 0.3) is 0 Å². The second kappa shape index (κ2) is 9.34. The maximum absolute atomic E-state index is 5.50. The molecule has 4 rings (SSSR count). The van der Waals surface area contributed by atoms with Crippen LogP contribution in [-0.2, 0) is 0 Å². The van der Waals surface area contributed by atoms with Crippen LogP contribution in [0.15, 0.2) is 53.4 Å². The minimum absolute atomic E-state index is 0.803. The fourth-order valence-corrected chi connectivity index (χ4v) is 5.37. The van der Waals surface area contributed by atoms with E-state index in [1.165, 1.54) is 62.3 Å². The summed E-state index contributed by atoms with van der Waals surface area (Å²) in [6.07, 6.45) is 5.38. The van der Waals surface area contributed by atoms with Crippen LogP contribution in [-0.4, -0.2) is 48.5 Å². The van der Waals surface area contributed by atoms with Crippen LogP contribution in [0.1, 0.15) is 32.6 Å². The third-order valence-electron chi connectivity index (χ3n) is 6.26. The highest BCUT2D eigenvalue weighted by atomic mass is 32.2. The van der Waals surface area contributed by atoms with E-state index in [0.29, 0.717) is 0 Å². The van der Waals surface area contributed by atoms with E-state index in [4.69, 9.17) is 4.74 Å². The van der Waals surface area contributed by atoms with Crippen molar-refractivity contribution in [3.05, 3.63) is 48.5 Å². The van der Waals surface area contributed by atoms with Crippen LogP contribution in [0.3, 0.4) is 0 Å². The first kappa shape index (κ1) is 19.8. The van der Waals surface area contributed by atoms with Crippen molar-refractivity contribution in [2.75, 3.05) is 33.3 Å². The minimum Gasteiger partial charge on any atom is -0.496 e. The molecule has 2 heterocycles. The van der Waals surface area contributed by atoms with Gasteiger partial charge in [0, 0.05) is 29.6 Å². The van der Waals surface area contributed by atoms with E-state index in [1.807, 2.05) is 24.1 Å². The molecule has 0 atom stereocenters. The molecule has 2 fully saturated rings. The summed E-state index contributed by atoms with van der Waals surface area (Å²) in [4.78, 5) is 4.08. The van der Waals surface area contributed by atoms with Crippen LogP contribution < -0.4 is 4.74 Å². The van der Waals surface area contributed by atoms with Gasteiger partial charge >= 0.3 is 0 Å². The third-order valence-corrected chi connectivity index (χ3v) is 7.37. The summed E-state index contributed by atoms with van der Waals surface area (Å²) in [7, 11) is 1.73. The summed E-state index contributed by atoms with van der Waals surface area (Å²) in [5.74, 6) is 1.85. The molecule has 0 amide bonds. The molecule has 28 heavy (non-hydrogen) atoms. The number of benzene rings is 2. The molecule has 3 nitrogen and oxygen atoms in total. The van der Waals surface area contributed by atoms with E-state index in [0.717, 1.165) is 23.3 Å². The highest BCUT2D eigenvalue weighted by molar-refractivity contribution is 7.97. The molecule has 150 valence electrons. The van der Waals surface area contributed by atoms with E-state index in [2.05, 4.69) is 52.5 Å². The fraction of sp³-hybridized carbons (Fsp3) is 0.500. The van der Waals surface area contributed by atoms with E-state index >= 15 is 0 Å². The summed E-state index contributed by atoms with van der Waals surface area (Å²) in [6.45, 7) is 7.40. The van der Waals surface area contributed by atoms with Crippen molar-refractivity contribution in [2.45, 2.75) is 43.5 Å². The zero-order valence-electron chi connectivity index (χ0n) is 17.1. The molecule has 4 heteroatoms. The molecular formula is C24H32N2OS. The zero-order valence-corrected chi connectivity index (χ0v) is 18.0. The normalized spacial score (nSPS) is 20.4. The highest BCUT2D eigenvalue weighted by Crippen LogP contribution is 2.33. The van der Waals surface area contributed by atoms with Gasteiger partial charge in [0.1, 0.15) is 5.75 Å². The summed E-state index contributed by atoms with van der Waals surface area (Å²) in [6, 6.07) is 17.9. The average Bonchev–Trinajstić information content (AvgIpc) is 2.75. The van der Waals surface area contributed by atoms with Crippen molar-refractivity contribution < 1.29 is 4.74 Å². The van der Waals surface area contributed by atoms with E-state index in [1.54, 1.807) is 7.11 Å². The maximum Gasteiger partial charge on any atom is 0.126 e. The van der Waals surface area contributed by atoms with Crippen LogP contribution in [0.25, 0.3) is 11.1 Å². The number of hydrogen-bond donors (Lipinski definition) is 0. The van der Waals surface area contributed by atoms with Gasteiger partial charge in [-0.1, -0.05) is 37.3 Å². The van der Waals surface area contributed by atoms with Crippen LogP contribution in [0.5, 0.6) is 5.75 Å². The second-order valence-corrected chi connectivity index (χ2v) is 9.37. The quantitative estimate of drug-likeness (QED) is 0.614. The van der Waals surface area contributed by atoms with E-state index in [9.17, 15) is 0 Å². The Balaban J connectivity index is 1.31. The lowest BCUT2D eigenvalue weighted by Gasteiger charge is -2.41. The molecule has 2 aromatic rings. The Hall–Kier alpha value is -1.49. The summed E-state index contributed by atoms with van der Waals surface area (Å²) in [5.41, 5.74) is 2.36. The van der Waals surface area contributed by atoms with Crippen molar-refractivity contribution in [1.29, 1.82) is 0 Å². The molecule has 0 aliphatic carbocycles. The molecule has 0 unspecified atom stereocenters. The fourth-order valence-electron chi connectivity index (χ4n) is 4.42. The van der Waals surface area contributed by atoms with E-state index < -0.39 is 0 Å². The molecule has 0 aromatic heterocycles. The highest BCUT2D eigenvalue weighted by Gasteiger charge is 2.27. The smallest absolute Gasteiger partial charge is 0.126 e. The van der Waals surface area contributed by atoms with E-state index in [-0.39, 0.29) is 0 Å². The van der Waals surface area contributed by atoms with Gasteiger partial charge in [-0.2, -0.15) is 0 Å². The molecule has 2 aliphatic heterocycles. The van der Waals surface area contributed by atoms with Crippen LogP contribution in [0.4, 0.5) is 0 Å². The average molecular weight is 397 g/mol. The monoisotopic (exact) mass is 396 g/mol. The third kappa shape index (κ3) is 4.73. The number of hydrogen-bond acceptors (Lipinski definition) is 4. The van der Waals surface area contributed by atoms with Gasteiger partial charge in [-0.25, -0.2) is 4.31 Å². The summed E-state index contributed by atoms with van der Waals surface area (Å²) >= 11 is 1.91. The van der Waals surface area contributed by atoms with Gasteiger partial charge in [0.15, 0.2) is 0 Å². The molecule has 0 saturated carbocycles. The molecule has 0 radical (unpaired) electrons. The van der Waals surface area contributed by atoms with Crippen molar-refractivity contribution in [3.63, 3.8) is 0 Å². The number of para-hydroxylation sites is 1. The lowest BCUT2D eigenvalue weighted by Crippen LogP contribution is -2.46. The number of methoxy groups -OCH3 is 1.